The Bertz CT molecular complexity index is 841. The second-order valence-electron chi connectivity index (χ2n) is 8.48. The van der Waals surface area contributed by atoms with Gasteiger partial charge in [-0.2, -0.15) is 0 Å². The van der Waals surface area contributed by atoms with Gasteiger partial charge in [0.1, 0.15) is 6.10 Å². The maximum absolute atomic E-state index is 12.9. The number of benzene rings is 1. The van der Waals surface area contributed by atoms with Crippen molar-refractivity contribution >= 4 is 5.91 Å². The molecule has 0 spiro atoms. The fraction of sp³-hybridized carbons (Fsp3) is 0.500. The van der Waals surface area contributed by atoms with Crippen LogP contribution in [0.2, 0.25) is 0 Å². The minimum Gasteiger partial charge on any atom is -0.481 e. The SMILES string of the molecule is COc1cccc([C@@H](O)[C@@H](CN2CCCC2)NC(=O)CC2Cc3ccccc3C2)n1. The average Bonchev–Trinajstić information content (AvgIpc) is 3.41. The molecule has 6 heteroatoms. The third kappa shape index (κ3) is 4.99. The molecule has 1 saturated heterocycles. The Morgan fingerprint density at radius 3 is 2.53 bits per heavy atom. The zero-order valence-corrected chi connectivity index (χ0v) is 17.6. The quantitative estimate of drug-likeness (QED) is 0.701. The van der Waals surface area contributed by atoms with Crippen molar-refractivity contribution in [3.8, 4) is 5.88 Å². The number of pyridine rings is 1. The number of aliphatic hydroxyl groups is 1. The number of carbonyl (C=O) groups excluding carboxylic acids is 1. The molecule has 2 atom stereocenters. The summed E-state index contributed by atoms with van der Waals surface area (Å²) in [6.45, 7) is 2.63. The number of fused-ring (bicyclic) bond motifs is 1. The van der Waals surface area contributed by atoms with Gasteiger partial charge in [-0.15, -0.1) is 0 Å². The van der Waals surface area contributed by atoms with E-state index in [9.17, 15) is 9.90 Å². The highest BCUT2D eigenvalue weighted by Crippen LogP contribution is 2.29. The van der Waals surface area contributed by atoms with Gasteiger partial charge in [-0.1, -0.05) is 30.3 Å². The number of amides is 1. The van der Waals surface area contributed by atoms with Crippen LogP contribution >= 0.6 is 0 Å². The van der Waals surface area contributed by atoms with Crippen LogP contribution in [0, 0.1) is 5.92 Å². The van der Waals surface area contributed by atoms with Crippen LogP contribution in [0.3, 0.4) is 0 Å². The molecule has 2 aromatic rings. The third-order valence-electron chi connectivity index (χ3n) is 6.25. The highest BCUT2D eigenvalue weighted by molar-refractivity contribution is 5.76. The number of nitrogens with one attached hydrogen (secondary N) is 1. The lowest BCUT2D eigenvalue weighted by Gasteiger charge is -2.28. The lowest BCUT2D eigenvalue weighted by Crippen LogP contribution is -2.47. The van der Waals surface area contributed by atoms with E-state index in [-0.39, 0.29) is 5.91 Å². The third-order valence-corrected chi connectivity index (χ3v) is 6.25. The smallest absolute Gasteiger partial charge is 0.220 e. The van der Waals surface area contributed by atoms with Crippen molar-refractivity contribution in [3.63, 3.8) is 0 Å². The summed E-state index contributed by atoms with van der Waals surface area (Å²) in [7, 11) is 1.56. The Balaban J connectivity index is 1.42. The van der Waals surface area contributed by atoms with E-state index >= 15 is 0 Å². The highest BCUT2D eigenvalue weighted by atomic mass is 16.5. The minimum atomic E-state index is -0.884. The van der Waals surface area contributed by atoms with Crippen molar-refractivity contribution < 1.29 is 14.6 Å². The Morgan fingerprint density at radius 2 is 1.87 bits per heavy atom. The predicted octanol–water partition coefficient (Wildman–Crippen LogP) is 2.51. The molecule has 2 heterocycles. The van der Waals surface area contributed by atoms with Gasteiger partial charge in [0.05, 0.1) is 18.8 Å². The Hall–Kier alpha value is -2.44. The maximum atomic E-state index is 12.9. The number of nitrogens with zero attached hydrogens (tertiary/aromatic N) is 2. The molecule has 1 amide bonds. The lowest BCUT2D eigenvalue weighted by molar-refractivity contribution is -0.123. The largest absolute Gasteiger partial charge is 0.481 e. The summed E-state index contributed by atoms with van der Waals surface area (Å²) < 4.78 is 5.20. The molecule has 2 aliphatic rings. The maximum Gasteiger partial charge on any atom is 0.220 e. The Morgan fingerprint density at radius 1 is 1.17 bits per heavy atom. The van der Waals surface area contributed by atoms with Gasteiger partial charge in [-0.05, 0) is 61.9 Å². The normalized spacial score (nSPS) is 18.7. The van der Waals surface area contributed by atoms with Crippen molar-refractivity contribution in [3.05, 3.63) is 59.3 Å². The Labute approximate surface area is 178 Å². The first-order valence-electron chi connectivity index (χ1n) is 10.9. The predicted molar refractivity (Wildman–Crippen MR) is 115 cm³/mol. The number of ether oxygens (including phenoxy) is 1. The van der Waals surface area contributed by atoms with Crippen LogP contribution in [-0.4, -0.2) is 53.7 Å². The van der Waals surface area contributed by atoms with E-state index in [1.807, 2.05) is 6.07 Å². The minimum absolute atomic E-state index is 0.000973. The summed E-state index contributed by atoms with van der Waals surface area (Å²) >= 11 is 0. The molecule has 0 unspecified atom stereocenters. The molecule has 0 saturated carbocycles. The molecule has 1 aromatic carbocycles. The van der Waals surface area contributed by atoms with E-state index in [0.29, 0.717) is 30.5 Å². The summed E-state index contributed by atoms with van der Waals surface area (Å²) in [5.41, 5.74) is 3.22. The van der Waals surface area contributed by atoms with E-state index in [1.165, 1.54) is 11.1 Å². The van der Waals surface area contributed by atoms with Crippen molar-refractivity contribution in [2.45, 2.75) is 44.2 Å². The molecule has 6 nitrogen and oxygen atoms in total. The first-order chi connectivity index (χ1) is 14.6. The first-order valence-corrected chi connectivity index (χ1v) is 10.9. The number of hydrogen-bond acceptors (Lipinski definition) is 5. The van der Waals surface area contributed by atoms with Crippen LogP contribution < -0.4 is 10.1 Å². The van der Waals surface area contributed by atoms with Gasteiger partial charge in [-0.3, -0.25) is 4.79 Å². The molecule has 30 heavy (non-hydrogen) atoms. The summed E-state index contributed by atoms with van der Waals surface area (Å²) in [6, 6.07) is 13.4. The van der Waals surface area contributed by atoms with E-state index in [2.05, 4.69) is 39.5 Å². The van der Waals surface area contributed by atoms with E-state index in [0.717, 1.165) is 38.8 Å². The fourth-order valence-corrected chi connectivity index (χ4v) is 4.71. The number of aliphatic hydroxyl groups excluding tert-OH is 1. The van der Waals surface area contributed by atoms with Crippen LogP contribution in [0.4, 0.5) is 0 Å². The van der Waals surface area contributed by atoms with Crippen molar-refractivity contribution in [2.24, 2.45) is 5.92 Å². The fourth-order valence-electron chi connectivity index (χ4n) is 4.71. The molecule has 1 aliphatic heterocycles. The number of methoxy groups -OCH3 is 1. The molecule has 0 radical (unpaired) electrons. The van der Waals surface area contributed by atoms with E-state index in [1.54, 1.807) is 19.2 Å². The van der Waals surface area contributed by atoms with Gasteiger partial charge in [0.15, 0.2) is 0 Å². The molecular weight excluding hydrogens is 378 g/mol. The van der Waals surface area contributed by atoms with Crippen LogP contribution in [0.5, 0.6) is 5.88 Å². The topological polar surface area (TPSA) is 74.7 Å². The van der Waals surface area contributed by atoms with Crippen LogP contribution in [-0.2, 0) is 17.6 Å². The van der Waals surface area contributed by atoms with Gasteiger partial charge >= 0.3 is 0 Å². The van der Waals surface area contributed by atoms with E-state index < -0.39 is 12.1 Å². The molecule has 0 bridgehead atoms. The molecule has 4 rings (SSSR count). The summed E-state index contributed by atoms with van der Waals surface area (Å²) in [5.74, 6) is 0.780. The molecule has 1 aromatic heterocycles. The molecule has 1 aliphatic carbocycles. The van der Waals surface area contributed by atoms with Crippen molar-refractivity contribution in [2.75, 3.05) is 26.7 Å². The van der Waals surface area contributed by atoms with Gasteiger partial charge in [0.2, 0.25) is 11.8 Å². The van der Waals surface area contributed by atoms with E-state index in [4.69, 9.17) is 4.74 Å². The molecule has 1 fully saturated rings. The molecule has 2 N–H and O–H groups in total. The number of likely N-dealkylation sites (tertiary alicyclic amines) is 1. The second-order valence-corrected chi connectivity index (χ2v) is 8.48. The van der Waals surface area contributed by atoms with Crippen LogP contribution in [0.15, 0.2) is 42.5 Å². The van der Waals surface area contributed by atoms with Gasteiger partial charge in [0, 0.05) is 19.0 Å². The average molecular weight is 410 g/mol. The zero-order chi connectivity index (χ0) is 20.9. The number of carbonyl (C=O) groups is 1. The van der Waals surface area contributed by atoms with Crippen molar-refractivity contribution in [1.82, 2.24) is 15.2 Å². The zero-order valence-electron chi connectivity index (χ0n) is 17.6. The number of rotatable bonds is 8. The first kappa shape index (κ1) is 20.8. The monoisotopic (exact) mass is 409 g/mol. The molecule has 160 valence electrons. The van der Waals surface area contributed by atoms with Gasteiger partial charge in [0.25, 0.3) is 0 Å². The summed E-state index contributed by atoms with van der Waals surface area (Å²) in [6.07, 6.45) is 3.80. The van der Waals surface area contributed by atoms with Gasteiger partial charge in [-0.25, -0.2) is 4.98 Å². The summed E-state index contributed by atoms with van der Waals surface area (Å²) in [4.78, 5) is 19.6. The van der Waals surface area contributed by atoms with Crippen LogP contribution in [0.1, 0.15) is 42.2 Å². The lowest BCUT2D eigenvalue weighted by atomic mass is 10.0. The van der Waals surface area contributed by atoms with Crippen molar-refractivity contribution in [1.29, 1.82) is 0 Å². The second kappa shape index (κ2) is 9.58. The van der Waals surface area contributed by atoms with Crippen LogP contribution in [0.25, 0.3) is 0 Å². The number of hydrogen-bond donors (Lipinski definition) is 2. The standard InChI is InChI=1S/C24H31N3O3/c1-30-23-10-6-9-20(26-23)24(29)21(16-27-11-4-5-12-27)25-22(28)15-17-13-18-7-2-3-8-19(18)14-17/h2-3,6-10,17,21,24,29H,4-5,11-16H2,1H3,(H,25,28)/t21-,24-/m1/s1. The van der Waals surface area contributed by atoms with Gasteiger partial charge < -0.3 is 20.1 Å². The number of aromatic nitrogens is 1. The summed E-state index contributed by atoms with van der Waals surface area (Å²) in [5, 5.41) is 14.2. The highest BCUT2D eigenvalue weighted by Gasteiger charge is 2.29. The Kier molecular flexibility index (Phi) is 6.65. The molecular formula is C24H31N3O3.